The Balaban J connectivity index is 2.19. The van der Waals surface area contributed by atoms with E-state index < -0.39 is 5.67 Å². The second-order valence-electron chi connectivity index (χ2n) is 9.09. The molecule has 1 atom stereocenters. The maximum absolute atomic E-state index is 14.0. The SMILES string of the molecule is C=C(NCc1cnc(C(C)(C)F)nc1)c1cc(OCC(C)CCC)cc(C(=C)S/C(C)=C\C)c1. The molecule has 0 aliphatic rings. The standard InChI is InChI=1S/C28H38FN3OS/c1-9-11-19(3)18-33-26-13-24(12-25(14-26)22(6)34-20(4)10-2)21(5)30-15-23-16-31-27(32-17-23)28(7,8)29/h10,12-14,16-17,19,30H,5-6,9,11,15,18H2,1-4,7-8H3/b20-10-. The van der Waals surface area contributed by atoms with Crippen LogP contribution < -0.4 is 10.1 Å². The Labute approximate surface area is 208 Å². The monoisotopic (exact) mass is 483 g/mol. The molecule has 184 valence electrons. The minimum Gasteiger partial charge on any atom is -0.493 e. The third-order valence-electron chi connectivity index (χ3n) is 5.33. The number of alkyl halides is 1. The molecule has 0 aliphatic heterocycles. The van der Waals surface area contributed by atoms with Crippen molar-refractivity contribution >= 4 is 22.4 Å². The summed E-state index contributed by atoms with van der Waals surface area (Å²) in [7, 11) is 0. The summed E-state index contributed by atoms with van der Waals surface area (Å²) in [6.07, 6.45) is 7.62. The molecule has 4 nitrogen and oxygen atoms in total. The van der Waals surface area contributed by atoms with Crippen LogP contribution in [0.4, 0.5) is 4.39 Å². The first-order valence-electron chi connectivity index (χ1n) is 11.7. The number of nitrogens with one attached hydrogen (secondary N) is 1. The van der Waals surface area contributed by atoms with Crippen LogP contribution >= 0.6 is 11.8 Å². The van der Waals surface area contributed by atoms with Crippen LogP contribution in [0.5, 0.6) is 5.75 Å². The van der Waals surface area contributed by atoms with Gasteiger partial charge in [0.1, 0.15) is 5.75 Å². The number of benzene rings is 1. The highest BCUT2D eigenvalue weighted by molar-refractivity contribution is 8.11. The third-order valence-corrected chi connectivity index (χ3v) is 6.37. The van der Waals surface area contributed by atoms with Crippen molar-refractivity contribution in [1.82, 2.24) is 15.3 Å². The van der Waals surface area contributed by atoms with Crippen molar-refractivity contribution in [3.63, 3.8) is 0 Å². The fourth-order valence-corrected chi connectivity index (χ4v) is 3.95. The summed E-state index contributed by atoms with van der Waals surface area (Å²) < 4.78 is 20.2. The molecule has 1 unspecified atom stereocenters. The molecule has 0 saturated carbocycles. The van der Waals surface area contributed by atoms with Gasteiger partial charge in [-0.05, 0) is 68.7 Å². The maximum Gasteiger partial charge on any atom is 0.165 e. The molecular formula is C28H38FN3OS. The highest BCUT2D eigenvalue weighted by Crippen LogP contribution is 2.35. The predicted molar refractivity (Wildman–Crippen MR) is 144 cm³/mol. The van der Waals surface area contributed by atoms with Crippen LogP contribution in [-0.2, 0) is 12.2 Å². The molecule has 6 heteroatoms. The molecule has 2 aromatic rings. The van der Waals surface area contributed by atoms with E-state index in [4.69, 9.17) is 4.74 Å². The van der Waals surface area contributed by atoms with Gasteiger partial charge in [-0.15, -0.1) is 0 Å². The number of halogens is 1. The topological polar surface area (TPSA) is 47.0 Å². The van der Waals surface area contributed by atoms with E-state index in [2.05, 4.69) is 61.4 Å². The first-order valence-corrected chi connectivity index (χ1v) is 12.6. The molecule has 1 aromatic heterocycles. The van der Waals surface area contributed by atoms with Crippen molar-refractivity contribution in [2.45, 2.75) is 66.6 Å². The van der Waals surface area contributed by atoms with Crippen LogP contribution in [0.15, 0.2) is 54.7 Å². The minimum absolute atomic E-state index is 0.175. The molecule has 0 radical (unpaired) electrons. The lowest BCUT2D eigenvalue weighted by Gasteiger charge is -2.17. The number of thioether (sulfide) groups is 1. The number of ether oxygens (including phenoxy) is 1. The average Bonchev–Trinajstić information content (AvgIpc) is 2.80. The lowest BCUT2D eigenvalue weighted by molar-refractivity contribution is 0.206. The van der Waals surface area contributed by atoms with Crippen molar-refractivity contribution in [1.29, 1.82) is 0 Å². The molecule has 0 aliphatic carbocycles. The Morgan fingerprint density at radius 1 is 1.21 bits per heavy atom. The molecular weight excluding hydrogens is 445 g/mol. The largest absolute Gasteiger partial charge is 0.493 e. The van der Waals surface area contributed by atoms with Crippen molar-refractivity contribution in [3.8, 4) is 5.75 Å². The van der Waals surface area contributed by atoms with Gasteiger partial charge >= 0.3 is 0 Å². The van der Waals surface area contributed by atoms with Gasteiger partial charge in [0.05, 0.1) is 6.61 Å². The number of nitrogens with zero attached hydrogens (tertiary/aromatic N) is 2. The Hall–Kier alpha value is -2.60. The number of aromatic nitrogens is 2. The molecule has 1 heterocycles. The van der Waals surface area contributed by atoms with Crippen LogP contribution in [-0.4, -0.2) is 16.6 Å². The van der Waals surface area contributed by atoms with Crippen LogP contribution in [0, 0.1) is 5.92 Å². The summed E-state index contributed by atoms with van der Waals surface area (Å²) >= 11 is 1.64. The van der Waals surface area contributed by atoms with E-state index in [0.29, 0.717) is 19.1 Å². The average molecular weight is 484 g/mol. The Kier molecular flexibility index (Phi) is 10.4. The number of rotatable bonds is 13. The van der Waals surface area contributed by atoms with Gasteiger partial charge in [0.2, 0.25) is 0 Å². The smallest absolute Gasteiger partial charge is 0.165 e. The van der Waals surface area contributed by atoms with Crippen molar-refractivity contribution in [3.05, 3.63) is 77.2 Å². The molecule has 1 N–H and O–H groups in total. The molecule has 34 heavy (non-hydrogen) atoms. The molecule has 0 fully saturated rings. The Bertz CT molecular complexity index is 1010. The van der Waals surface area contributed by atoms with Crippen LogP contribution in [0.1, 0.15) is 76.9 Å². The van der Waals surface area contributed by atoms with E-state index in [1.165, 1.54) is 18.8 Å². The summed E-state index contributed by atoms with van der Waals surface area (Å²) in [5, 5.41) is 3.33. The Morgan fingerprint density at radius 3 is 2.44 bits per heavy atom. The number of hydrogen-bond donors (Lipinski definition) is 1. The lowest BCUT2D eigenvalue weighted by atomic mass is 10.1. The zero-order chi connectivity index (χ0) is 25.3. The van der Waals surface area contributed by atoms with Gasteiger partial charge in [0, 0.05) is 40.7 Å². The quantitative estimate of drug-likeness (QED) is 0.314. The summed E-state index contributed by atoms with van der Waals surface area (Å²) in [5.74, 6) is 1.46. The first kappa shape index (κ1) is 27.6. The summed E-state index contributed by atoms with van der Waals surface area (Å²) in [6, 6.07) is 6.11. The van der Waals surface area contributed by atoms with Crippen LogP contribution in [0.3, 0.4) is 0 Å². The van der Waals surface area contributed by atoms with Gasteiger partial charge in [0.15, 0.2) is 11.5 Å². The zero-order valence-corrected chi connectivity index (χ0v) is 22.2. The second kappa shape index (κ2) is 12.7. The fourth-order valence-electron chi connectivity index (χ4n) is 3.21. The molecule has 1 aromatic carbocycles. The van der Waals surface area contributed by atoms with Crippen molar-refractivity contribution in [2.24, 2.45) is 5.92 Å². The van der Waals surface area contributed by atoms with Gasteiger partial charge in [-0.2, -0.15) is 0 Å². The van der Waals surface area contributed by atoms with Gasteiger partial charge < -0.3 is 10.1 Å². The molecule has 0 bridgehead atoms. The van der Waals surface area contributed by atoms with Gasteiger partial charge in [0.25, 0.3) is 0 Å². The van der Waals surface area contributed by atoms with E-state index in [0.717, 1.165) is 45.9 Å². The van der Waals surface area contributed by atoms with E-state index in [-0.39, 0.29) is 5.82 Å². The highest BCUT2D eigenvalue weighted by Gasteiger charge is 2.21. The zero-order valence-electron chi connectivity index (χ0n) is 21.4. The number of allylic oxidation sites excluding steroid dienone is 2. The summed E-state index contributed by atoms with van der Waals surface area (Å²) in [4.78, 5) is 10.4. The summed E-state index contributed by atoms with van der Waals surface area (Å²) in [5.41, 5.74) is 1.97. The first-order chi connectivity index (χ1) is 16.0. The maximum atomic E-state index is 14.0. The van der Waals surface area contributed by atoms with Crippen LogP contribution in [0.25, 0.3) is 10.6 Å². The lowest BCUT2D eigenvalue weighted by Crippen LogP contribution is -2.16. The van der Waals surface area contributed by atoms with Gasteiger partial charge in [-0.1, -0.05) is 51.3 Å². The second-order valence-corrected chi connectivity index (χ2v) is 10.4. The van der Waals surface area contributed by atoms with Crippen molar-refractivity contribution < 1.29 is 9.13 Å². The van der Waals surface area contributed by atoms with E-state index in [1.54, 1.807) is 24.2 Å². The predicted octanol–water partition coefficient (Wildman–Crippen LogP) is 7.88. The minimum atomic E-state index is -1.56. The highest BCUT2D eigenvalue weighted by atomic mass is 32.2. The third kappa shape index (κ3) is 8.64. The molecule has 0 spiro atoms. The number of hydrogen-bond acceptors (Lipinski definition) is 5. The van der Waals surface area contributed by atoms with E-state index in [1.807, 2.05) is 19.1 Å². The summed E-state index contributed by atoms with van der Waals surface area (Å²) in [6.45, 7) is 21.0. The van der Waals surface area contributed by atoms with E-state index >= 15 is 0 Å². The Morgan fingerprint density at radius 2 is 1.85 bits per heavy atom. The molecule has 0 amide bonds. The van der Waals surface area contributed by atoms with Crippen molar-refractivity contribution in [2.75, 3.05) is 6.61 Å². The van der Waals surface area contributed by atoms with E-state index in [9.17, 15) is 4.39 Å². The van der Waals surface area contributed by atoms with Crippen LogP contribution in [0.2, 0.25) is 0 Å². The van der Waals surface area contributed by atoms with Gasteiger partial charge in [-0.3, -0.25) is 0 Å². The van der Waals surface area contributed by atoms with Gasteiger partial charge in [-0.25, -0.2) is 14.4 Å². The fraction of sp³-hybridized carbons (Fsp3) is 0.429. The normalized spacial score (nSPS) is 12.9. The molecule has 2 rings (SSSR count). The molecule has 0 saturated heterocycles.